The first-order chi connectivity index (χ1) is 7.66. The Labute approximate surface area is 94.7 Å². The van der Waals surface area contributed by atoms with Gasteiger partial charge in [0.15, 0.2) is 0 Å². The summed E-state index contributed by atoms with van der Waals surface area (Å²) in [6.45, 7) is -1.00. The molecule has 104 valence electrons. The van der Waals surface area contributed by atoms with Crippen LogP contribution in [0.1, 0.15) is 0 Å². The molecule has 0 aliphatic rings. The molecule has 0 aromatic heterocycles. The number of rotatable bonds is 4. The maximum absolute atomic E-state index is 7.62. The standard InChI is InChI=1S/4C2H6O2/c4*3-1-2-4/h4*3-4H,1-2H2. The van der Waals surface area contributed by atoms with Crippen LogP contribution in [0.2, 0.25) is 0 Å². The molecule has 8 heteroatoms. The normalized spacial score (nSPS) is 7.50. The van der Waals surface area contributed by atoms with Crippen molar-refractivity contribution in [2.45, 2.75) is 0 Å². The van der Waals surface area contributed by atoms with Gasteiger partial charge in [0.05, 0.1) is 52.9 Å². The van der Waals surface area contributed by atoms with Gasteiger partial charge in [-0.1, -0.05) is 0 Å². The lowest BCUT2D eigenvalue weighted by atomic mass is 10.8. The summed E-state index contributed by atoms with van der Waals surface area (Å²) >= 11 is 0. The van der Waals surface area contributed by atoms with Crippen LogP contribution >= 0.6 is 0 Å². The molecule has 0 saturated carbocycles. The van der Waals surface area contributed by atoms with Gasteiger partial charge in [0.1, 0.15) is 0 Å². The fraction of sp³-hybridized carbons (Fsp3) is 1.00. The minimum absolute atomic E-state index is 0.125. The number of hydrogen-bond donors (Lipinski definition) is 8. The lowest BCUT2D eigenvalue weighted by Gasteiger charge is -1.70. The van der Waals surface area contributed by atoms with Crippen LogP contribution in [0.4, 0.5) is 0 Å². The number of hydrogen-bond acceptors (Lipinski definition) is 8. The van der Waals surface area contributed by atoms with Crippen LogP contribution in [0, 0.1) is 0 Å². The highest BCUT2D eigenvalue weighted by atomic mass is 16.3. The third-order valence-electron chi connectivity index (χ3n) is 0.400. The van der Waals surface area contributed by atoms with E-state index in [2.05, 4.69) is 0 Å². The van der Waals surface area contributed by atoms with Gasteiger partial charge >= 0.3 is 0 Å². The van der Waals surface area contributed by atoms with Crippen LogP contribution in [0.25, 0.3) is 0 Å². The Kier molecular flexibility index (Phi) is 72.1. The van der Waals surface area contributed by atoms with Crippen molar-refractivity contribution in [3.63, 3.8) is 0 Å². The van der Waals surface area contributed by atoms with Crippen LogP contribution < -0.4 is 0 Å². The summed E-state index contributed by atoms with van der Waals surface area (Å²) in [5.41, 5.74) is 0. The van der Waals surface area contributed by atoms with Crippen LogP contribution in [0.5, 0.6) is 0 Å². The average Bonchev–Trinajstić information content (AvgIpc) is 2.39. The summed E-state index contributed by atoms with van der Waals surface area (Å²) in [5, 5.41) is 61.0. The molecular weight excluding hydrogens is 224 g/mol. The minimum atomic E-state index is -0.125. The minimum Gasteiger partial charge on any atom is -0.394 e. The first-order valence-electron chi connectivity index (χ1n) is 4.53. The largest absolute Gasteiger partial charge is 0.394 e. The average molecular weight is 248 g/mol. The lowest BCUT2D eigenvalue weighted by Crippen LogP contribution is -1.85. The van der Waals surface area contributed by atoms with Gasteiger partial charge in [0.2, 0.25) is 0 Å². The summed E-state index contributed by atoms with van der Waals surface area (Å²) in [4.78, 5) is 0. The molecule has 0 aromatic rings. The van der Waals surface area contributed by atoms with Crippen molar-refractivity contribution in [3.05, 3.63) is 0 Å². The zero-order valence-electron chi connectivity index (χ0n) is 9.23. The van der Waals surface area contributed by atoms with Gasteiger partial charge in [0, 0.05) is 0 Å². The molecule has 16 heavy (non-hydrogen) atoms. The zero-order chi connectivity index (χ0) is 13.7. The van der Waals surface area contributed by atoms with Crippen LogP contribution in [-0.4, -0.2) is 93.7 Å². The Morgan fingerprint density at radius 2 is 0.312 bits per heavy atom. The Morgan fingerprint density at radius 3 is 0.312 bits per heavy atom. The molecule has 0 rings (SSSR count). The number of aliphatic hydroxyl groups excluding tert-OH is 8. The highest BCUT2D eigenvalue weighted by molar-refractivity contribution is 4.07. The molecule has 0 aliphatic carbocycles. The second-order valence-electron chi connectivity index (χ2n) is 1.79. The highest BCUT2D eigenvalue weighted by Crippen LogP contribution is 1.40. The van der Waals surface area contributed by atoms with E-state index in [1.807, 2.05) is 0 Å². The second kappa shape index (κ2) is 46.6. The maximum atomic E-state index is 7.62. The Hall–Kier alpha value is -0.320. The molecule has 0 heterocycles. The fourth-order valence-corrected chi connectivity index (χ4v) is 0. The summed E-state index contributed by atoms with van der Waals surface area (Å²) in [6.07, 6.45) is 0. The van der Waals surface area contributed by atoms with E-state index >= 15 is 0 Å². The van der Waals surface area contributed by atoms with Gasteiger partial charge in [-0.2, -0.15) is 0 Å². The maximum Gasteiger partial charge on any atom is 0.0662 e. The molecule has 0 fully saturated rings. The van der Waals surface area contributed by atoms with Crippen LogP contribution in [0.15, 0.2) is 0 Å². The van der Waals surface area contributed by atoms with E-state index in [0.29, 0.717) is 0 Å². The van der Waals surface area contributed by atoms with Crippen LogP contribution in [0.3, 0.4) is 0 Å². The van der Waals surface area contributed by atoms with E-state index < -0.39 is 0 Å². The van der Waals surface area contributed by atoms with E-state index in [4.69, 9.17) is 40.9 Å². The SMILES string of the molecule is OCCO.OCCO.OCCO.OCCO. The molecular formula is C8H24O8. The highest BCUT2D eigenvalue weighted by Gasteiger charge is 1.59. The van der Waals surface area contributed by atoms with Gasteiger partial charge in [-0.3, -0.25) is 0 Å². The van der Waals surface area contributed by atoms with Crippen molar-refractivity contribution in [3.8, 4) is 0 Å². The predicted octanol–water partition coefficient (Wildman–Crippen LogP) is -4.12. The molecule has 0 bridgehead atoms. The van der Waals surface area contributed by atoms with Crippen LogP contribution in [-0.2, 0) is 0 Å². The first-order valence-corrected chi connectivity index (χ1v) is 4.53. The van der Waals surface area contributed by atoms with E-state index in [-0.39, 0.29) is 52.9 Å². The van der Waals surface area contributed by atoms with Gasteiger partial charge < -0.3 is 40.9 Å². The van der Waals surface area contributed by atoms with Gasteiger partial charge in [-0.05, 0) is 0 Å². The smallest absolute Gasteiger partial charge is 0.0662 e. The van der Waals surface area contributed by atoms with Crippen molar-refractivity contribution < 1.29 is 40.9 Å². The third kappa shape index (κ3) is 162. The molecule has 0 amide bonds. The van der Waals surface area contributed by atoms with Gasteiger partial charge in [0.25, 0.3) is 0 Å². The zero-order valence-corrected chi connectivity index (χ0v) is 9.23. The molecule has 0 atom stereocenters. The third-order valence-corrected chi connectivity index (χ3v) is 0.400. The van der Waals surface area contributed by atoms with Crippen molar-refractivity contribution in [1.82, 2.24) is 0 Å². The molecule has 8 nitrogen and oxygen atoms in total. The predicted molar refractivity (Wildman–Crippen MR) is 56.7 cm³/mol. The van der Waals surface area contributed by atoms with E-state index in [1.54, 1.807) is 0 Å². The molecule has 0 spiro atoms. The monoisotopic (exact) mass is 248 g/mol. The summed E-state index contributed by atoms with van der Waals surface area (Å²) < 4.78 is 0. The Balaban J connectivity index is -0.0000000600. The molecule has 0 aromatic carbocycles. The molecule has 0 radical (unpaired) electrons. The van der Waals surface area contributed by atoms with E-state index in [0.717, 1.165) is 0 Å². The van der Waals surface area contributed by atoms with E-state index in [9.17, 15) is 0 Å². The molecule has 0 unspecified atom stereocenters. The quantitative estimate of drug-likeness (QED) is 0.249. The van der Waals surface area contributed by atoms with Crippen molar-refractivity contribution in [2.24, 2.45) is 0 Å². The topological polar surface area (TPSA) is 162 Å². The van der Waals surface area contributed by atoms with E-state index in [1.165, 1.54) is 0 Å². The molecule has 0 saturated heterocycles. The summed E-state index contributed by atoms with van der Waals surface area (Å²) in [7, 11) is 0. The molecule has 0 aliphatic heterocycles. The fourth-order valence-electron chi connectivity index (χ4n) is 0. The summed E-state index contributed by atoms with van der Waals surface area (Å²) in [5.74, 6) is 0. The van der Waals surface area contributed by atoms with Crippen molar-refractivity contribution in [1.29, 1.82) is 0 Å². The second-order valence-corrected chi connectivity index (χ2v) is 1.79. The molecule has 8 N–H and O–H groups in total. The Morgan fingerprint density at radius 1 is 0.250 bits per heavy atom. The lowest BCUT2D eigenvalue weighted by molar-refractivity contribution is 0.186. The van der Waals surface area contributed by atoms with Gasteiger partial charge in [-0.15, -0.1) is 0 Å². The van der Waals surface area contributed by atoms with Crippen molar-refractivity contribution >= 4 is 0 Å². The summed E-state index contributed by atoms with van der Waals surface area (Å²) in [6, 6.07) is 0. The Bertz CT molecular complexity index is 40.0. The van der Waals surface area contributed by atoms with Gasteiger partial charge in [-0.25, -0.2) is 0 Å². The van der Waals surface area contributed by atoms with Crippen molar-refractivity contribution in [2.75, 3.05) is 52.9 Å². The number of aliphatic hydroxyl groups is 8. The first kappa shape index (κ1) is 24.8.